The molecule has 0 fully saturated rings. The maximum absolute atomic E-state index is 13.5. The van der Waals surface area contributed by atoms with Gasteiger partial charge in [0.15, 0.2) is 6.10 Å². The monoisotopic (exact) mass is 242 g/mol. The van der Waals surface area contributed by atoms with E-state index in [4.69, 9.17) is 0 Å². The molecule has 0 aliphatic rings. The number of aryl methyl sites for hydroxylation is 1. The number of halogens is 1. The first kappa shape index (κ1) is 13.6. The summed E-state index contributed by atoms with van der Waals surface area (Å²) < 4.78 is 18.0. The van der Waals surface area contributed by atoms with Gasteiger partial charge < -0.3 is 14.9 Å². The van der Waals surface area contributed by atoms with E-state index < -0.39 is 24.0 Å². The zero-order valence-corrected chi connectivity index (χ0v) is 9.68. The molecular formula is C12H15FO4. The Balaban J connectivity index is 2.96. The Morgan fingerprint density at radius 3 is 2.65 bits per heavy atom. The van der Waals surface area contributed by atoms with Gasteiger partial charge >= 0.3 is 5.97 Å². The van der Waals surface area contributed by atoms with Crippen molar-refractivity contribution in [2.45, 2.75) is 26.1 Å². The molecule has 17 heavy (non-hydrogen) atoms. The van der Waals surface area contributed by atoms with Gasteiger partial charge in [-0.05, 0) is 25.5 Å². The van der Waals surface area contributed by atoms with E-state index in [9.17, 15) is 19.4 Å². The van der Waals surface area contributed by atoms with Crippen molar-refractivity contribution in [2.75, 3.05) is 6.61 Å². The lowest BCUT2D eigenvalue weighted by molar-refractivity contribution is -0.159. The average Bonchev–Trinajstić information content (AvgIpc) is 2.27. The van der Waals surface area contributed by atoms with Gasteiger partial charge in [-0.2, -0.15) is 0 Å². The fourth-order valence-corrected chi connectivity index (χ4v) is 1.53. The molecule has 2 atom stereocenters. The Morgan fingerprint density at radius 1 is 1.47 bits per heavy atom. The minimum Gasteiger partial charge on any atom is -0.464 e. The standard InChI is InChI=1S/C12H15FO4/c1-3-17-12(16)11(15)10(14)9-7(2)5-4-6-8(9)13/h4-6,10-11,14-15H,3H2,1-2H3. The molecule has 0 heterocycles. The minimum absolute atomic E-state index is 0.0822. The highest BCUT2D eigenvalue weighted by atomic mass is 19.1. The number of aliphatic hydroxyl groups excluding tert-OH is 2. The third-order valence-electron chi connectivity index (χ3n) is 2.39. The molecule has 1 rings (SSSR count). The number of rotatable bonds is 4. The van der Waals surface area contributed by atoms with Gasteiger partial charge in [-0.15, -0.1) is 0 Å². The van der Waals surface area contributed by atoms with E-state index >= 15 is 0 Å². The van der Waals surface area contributed by atoms with Gasteiger partial charge in [0, 0.05) is 5.56 Å². The second-order valence-corrected chi connectivity index (χ2v) is 3.61. The average molecular weight is 242 g/mol. The predicted octanol–water partition coefficient (Wildman–Crippen LogP) is 1.09. The van der Waals surface area contributed by atoms with Crippen LogP contribution in [0.2, 0.25) is 0 Å². The van der Waals surface area contributed by atoms with Gasteiger partial charge in [0.2, 0.25) is 0 Å². The molecule has 0 spiro atoms. The molecule has 0 aromatic heterocycles. The Bertz CT molecular complexity index is 385. The highest BCUT2D eigenvalue weighted by Crippen LogP contribution is 2.24. The van der Waals surface area contributed by atoms with E-state index in [1.165, 1.54) is 6.07 Å². The Kier molecular flexibility index (Phi) is 4.60. The van der Waals surface area contributed by atoms with E-state index in [2.05, 4.69) is 4.74 Å². The first-order valence-corrected chi connectivity index (χ1v) is 5.26. The Morgan fingerprint density at radius 2 is 2.12 bits per heavy atom. The highest BCUT2D eigenvalue weighted by molar-refractivity contribution is 5.75. The molecule has 2 unspecified atom stereocenters. The fraction of sp³-hybridized carbons (Fsp3) is 0.417. The fourth-order valence-electron chi connectivity index (χ4n) is 1.53. The summed E-state index contributed by atoms with van der Waals surface area (Å²) in [5, 5.41) is 19.3. The van der Waals surface area contributed by atoms with E-state index in [1.54, 1.807) is 19.9 Å². The van der Waals surface area contributed by atoms with Crippen LogP contribution in [0.4, 0.5) is 4.39 Å². The SMILES string of the molecule is CCOC(=O)C(O)C(O)c1c(C)cccc1F. The van der Waals surface area contributed by atoms with Crippen LogP contribution in [0.1, 0.15) is 24.2 Å². The molecule has 4 nitrogen and oxygen atoms in total. The number of benzene rings is 1. The molecule has 0 amide bonds. The molecule has 1 aromatic carbocycles. The van der Waals surface area contributed by atoms with Crippen molar-refractivity contribution in [3.05, 3.63) is 35.1 Å². The van der Waals surface area contributed by atoms with Crippen LogP contribution in [-0.2, 0) is 9.53 Å². The largest absolute Gasteiger partial charge is 0.464 e. The van der Waals surface area contributed by atoms with Crippen LogP contribution in [0, 0.1) is 12.7 Å². The number of aliphatic hydroxyl groups is 2. The number of hydrogen-bond donors (Lipinski definition) is 2. The van der Waals surface area contributed by atoms with Crippen molar-refractivity contribution in [3.63, 3.8) is 0 Å². The summed E-state index contributed by atoms with van der Waals surface area (Å²) in [6.07, 6.45) is -3.42. The summed E-state index contributed by atoms with van der Waals surface area (Å²) in [5.74, 6) is -1.64. The lowest BCUT2D eigenvalue weighted by Crippen LogP contribution is -2.30. The second-order valence-electron chi connectivity index (χ2n) is 3.61. The lowest BCUT2D eigenvalue weighted by Gasteiger charge is -2.18. The zero-order chi connectivity index (χ0) is 13.0. The molecule has 1 aromatic rings. The minimum atomic E-state index is -1.79. The first-order valence-electron chi connectivity index (χ1n) is 5.26. The van der Waals surface area contributed by atoms with Gasteiger partial charge in [-0.1, -0.05) is 12.1 Å². The van der Waals surface area contributed by atoms with Gasteiger partial charge in [-0.25, -0.2) is 9.18 Å². The zero-order valence-electron chi connectivity index (χ0n) is 9.68. The van der Waals surface area contributed by atoms with Crippen molar-refractivity contribution in [2.24, 2.45) is 0 Å². The van der Waals surface area contributed by atoms with Crippen LogP contribution in [0.5, 0.6) is 0 Å². The topological polar surface area (TPSA) is 66.8 Å². The van der Waals surface area contributed by atoms with Gasteiger partial charge in [0.05, 0.1) is 6.61 Å². The van der Waals surface area contributed by atoms with E-state index in [0.29, 0.717) is 5.56 Å². The van der Waals surface area contributed by atoms with Gasteiger partial charge in [0.25, 0.3) is 0 Å². The molecule has 0 aliphatic carbocycles. The van der Waals surface area contributed by atoms with Crippen LogP contribution >= 0.6 is 0 Å². The maximum atomic E-state index is 13.5. The Labute approximate surface area is 98.7 Å². The third-order valence-corrected chi connectivity index (χ3v) is 2.39. The van der Waals surface area contributed by atoms with E-state index in [0.717, 1.165) is 6.07 Å². The second kappa shape index (κ2) is 5.75. The van der Waals surface area contributed by atoms with E-state index in [1.807, 2.05) is 0 Å². The number of carbonyl (C=O) groups excluding carboxylic acids is 1. The highest BCUT2D eigenvalue weighted by Gasteiger charge is 2.29. The molecule has 5 heteroatoms. The summed E-state index contributed by atoms with van der Waals surface area (Å²) in [5.41, 5.74) is 0.369. The van der Waals surface area contributed by atoms with Crippen LogP contribution in [0.25, 0.3) is 0 Å². The number of esters is 1. The van der Waals surface area contributed by atoms with Crippen LogP contribution < -0.4 is 0 Å². The maximum Gasteiger partial charge on any atom is 0.338 e. The molecule has 0 saturated carbocycles. The summed E-state index contributed by atoms with van der Waals surface area (Å²) in [6, 6.07) is 4.22. The molecule has 0 radical (unpaired) electrons. The van der Waals surface area contributed by atoms with Gasteiger partial charge in [0.1, 0.15) is 11.9 Å². The lowest BCUT2D eigenvalue weighted by atomic mass is 9.99. The first-order chi connectivity index (χ1) is 7.99. The molecule has 2 N–H and O–H groups in total. The molecule has 0 bridgehead atoms. The van der Waals surface area contributed by atoms with Crippen molar-refractivity contribution in [1.82, 2.24) is 0 Å². The van der Waals surface area contributed by atoms with Crippen molar-refractivity contribution in [1.29, 1.82) is 0 Å². The summed E-state index contributed by atoms with van der Waals surface area (Å²) in [7, 11) is 0. The number of hydrogen-bond acceptors (Lipinski definition) is 4. The van der Waals surface area contributed by atoms with Crippen molar-refractivity contribution < 1.29 is 24.1 Å². The summed E-state index contributed by atoms with van der Waals surface area (Å²) >= 11 is 0. The molecule has 0 aliphatic heterocycles. The van der Waals surface area contributed by atoms with E-state index in [-0.39, 0.29) is 12.2 Å². The Hall–Kier alpha value is -1.46. The van der Waals surface area contributed by atoms with Crippen molar-refractivity contribution in [3.8, 4) is 0 Å². The summed E-state index contributed by atoms with van der Waals surface area (Å²) in [6.45, 7) is 3.24. The quantitative estimate of drug-likeness (QED) is 0.776. The van der Waals surface area contributed by atoms with Crippen LogP contribution in [0.15, 0.2) is 18.2 Å². The van der Waals surface area contributed by atoms with Crippen LogP contribution in [0.3, 0.4) is 0 Å². The summed E-state index contributed by atoms with van der Waals surface area (Å²) in [4.78, 5) is 11.2. The van der Waals surface area contributed by atoms with Crippen LogP contribution in [-0.4, -0.2) is 28.9 Å². The normalized spacial score (nSPS) is 14.2. The molecule has 0 saturated heterocycles. The smallest absolute Gasteiger partial charge is 0.338 e. The molecule has 94 valence electrons. The number of ether oxygens (including phenoxy) is 1. The predicted molar refractivity (Wildman–Crippen MR) is 58.7 cm³/mol. The van der Waals surface area contributed by atoms with Gasteiger partial charge in [-0.3, -0.25) is 0 Å². The van der Waals surface area contributed by atoms with Crippen molar-refractivity contribution >= 4 is 5.97 Å². The number of carbonyl (C=O) groups is 1. The third kappa shape index (κ3) is 3.01. The molecular weight excluding hydrogens is 227 g/mol.